The molecule has 12 nitrogen and oxygen atoms in total. The molecule has 2 aromatic carbocycles. The SMILES string of the molecule is COc1ccc2cc([C@H](C)C(=O)OCCCCCCOC(=O)OCC(=O)[C@]34O[C@@]35C[C@H](O)[C@]3(F)[C@@]6(C)C=CC(=O)C=C6CC[C@@]3(N=N)C5C[C@H]4C)ccc2c1. The van der Waals surface area contributed by atoms with E-state index in [0.717, 1.165) is 34.9 Å². The summed E-state index contributed by atoms with van der Waals surface area (Å²) in [6, 6.07) is 11.6. The maximum absolute atomic E-state index is 17.7. The summed E-state index contributed by atoms with van der Waals surface area (Å²) in [6.07, 6.45) is 4.73. The van der Waals surface area contributed by atoms with Gasteiger partial charge >= 0.3 is 12.1 Å². The standard InChI is InChI=1S/C42H49FN2O10/c1-25-19-33-39(45-44)16-13-30-22-31(46)14-15-38(30,3)42(39,43)34(47)23-40(33)41(25,55-40)35(48)24-54-37(50)53-18-8-6-5-7-17-52-36(49)26(2)27-9-10-29-21-32(51-4)12-11-28(29)20-27/h9-12,14-15,20-22,25-26,33-34,44,47H,5-8,13,16-19,23-24H2,1-4H3/t25-,26+,33?,34+,38+,39-,40-,41+,42+/m1/s1. The van der Waals surface area contributed by atoms with Crippen LogP contribution < -0.4 is 4.74 Å². The number of carbonyl (C=O) groups excluding carboxylic acids is 4. The molecule has 3 saturated carbocycles. The molecule has 1 spiro atoms. The van der Waals surface area contributed by atoms with Crippen LogP contribution in [0.4, 0.5) is 9.18 Å². The quantitative estimate of drug-likeness (QED) is 0.0879. The number of halogens is 1. The summed E-state index contributed by atoms with van der Waals surface area (Å²) in [4.78, 5) is 51.0. The molecule has 55 heavy (non-hydrogen) atoms. The smallest absolute Gasteiger partial charge is 0.497 e. The molecule has 5 aliphatic rings. The minimum atomic E-state index is -2.42. The molecule has 1 aliphatic heterocycles. The van der Waals surface area contributed by atoms with Crippen molar-refractivity contribution < 1.29 is 52.4 Å². The highest BCUT2D eigenvalue weighted by atomic mass is 19.1. The number of nitrogens with zero attached hydrogens (tertiary/aromatic N) is 1. The number of hydrogen-bond acceptors (Lipinski definition) is 12. The average Bonchev–Trinajstić information content (AvgIpc) is 3.79. The van der Waals surface area contributed by atoms with E-state index in [0.29, 0.717) is 31.3 Å². The Kier molecular flexibility index (Phi) is 10.0. The number of allylic oxidation sites excluding steroid dienone is 4. The fraction of sp³-hybridized carbons (Fsp3) is 0.571. The van der Waals surface area contributed by atoms with Crippen LogP contribution in [0.5, 0.6) is 5.75 Å². The van der Waals surface area contributed by atoms with E-state index < -0.39 is 70.2 Å². The summed E-state index contributed by atoms with van der Waals surface area (Å²) < 4.78 is 45.2. The molecular weight excluding hydrogens is 711 g/mol. The third kappa shape index (κ3) is 5.83. The zero-order valence-corrected chi connectivity index (χ0v) is 31.7. The number of methoxy groups -OCH3 is 1. The molecule has 7 rings (SSSR count). The second kappa shape index (κ2) is 14.2. The van der Waals surface area contributed by atoms with Crippen LogP contribution in [-0.4, -0.2) is 84.2 Å². The second-order valence-corrected chi connectivity index (χ2v) is 16.1. The number of ketones is 2. The third-order valence-electron chi connectivity index (χ3n) is 13.4. The summed E-state index contributed by atoms with van der Waals surface area (Å²) in [5.41, 5.74) is 1.59. The second-order valence-electron chi connectivity index (χ2n) is 16.1. The monoisotopic (exact) mass is 760 g/mol. The van der Waals surface area contributed by atoms with E-state index in [1.807, 2.05) is 50.2 Å². The van der Waals surface area contributed by atoms with Crippen molar-refractivity contribution in [2.45, 2.75) is 107 Å². The number of carbonyl (C=O) groups is 4. The lowest BCUT2D eigenvalue weighted by molar-refractivity contribution is -0.193. The van der Waals surface area contributed by atoms with Gasteiger partial charge in [-0.15, -0.1) is 0 Å². The molecule has 0 bridgehead atoms. The molecule has 9 atom stereocenters. The molecule has 1 unspecified atom stereocenters. The van der Waals surface area contributed by atoms with Crippen LogP contribution in [0, 0.1) is 22.8 Å². The van der Waals surface area contributed by atoms with Gasteiger partial charge in [0.2, 0.25) is 5.78 Å². The molecule has 1 saturated heterocycles. The molecule has 2 N–H and O–H groups in total. The maximum Gasteiger partial charge on any atom is 0.508 e. The Morgan fingerprint density at radius 1 is 1.05 bits per heavy atom. The number of nitrogens with one attached hydrogen (secondary N) is 1. The van der Waals surface area contributed by atoms with Gasteiger partial charge in [-0.1, -0.05) is 42.8 Å². The number of esters is 1. The number of ether oxygens (including phenoxy) is 5. The number of aliphatic hydroxyl groups is 1. The largest absolute Gasteiger partial charge is 0.508 e. The lowest BCUT2D eigenvalue weighted by Crippen LogP contribution is -2.75. The zero-order valence-electron chi connectivity index (χ0n) is 31.7. The first-order valence-electron chi connectivity index (χ1n) is 19.2. The Labute approximate surface area is 319 Å². The molecule has 0 aromatic heterocycles. The number of alkyl halides is 1. The molecule has 13 heteroatoms. The fourth-order valence-corrected chi connectivity index (χ4v) is 10.4. The predicted molar refractivity (Wildman–Crippen MR) is 196 cm³/mol. The van der Waals surface area contributed by atoms with Crippen LogP contribution in [0.3, 0.4) is 0 Å². The number of Topliss-reactive ketones (excluding diaryl/α,β-unsaturated/α-hetero) is 1. The first-order valence-corrected chi connectivity index (χ1v) is 19.2. The molecule has 2 aromatic rings. The van der Waals surface area contributed by atoms with Crippen molar-refractivity contribution in [3.05, 3.63) is 65.8 Å². The van der Waals surface area contributed by atoms with Gasteiger partial charge in [-0.05, 0) is 105 Å². The van der Waals surface area contributed by atoms with E-state index in [2.05, 4.69) is 5.11 Å². The van der Waals surface area contributed by atoms with Gasteiger partial charge in [-0.2, -0.15) is 5.11 Å². The van der Waals surface area contributed by atoms with Gasteiger partial charge in [-0.3, -0.25) is 14.4 Å². The third-order valence-corrected chi connectivity index (χ3v) is 13.4. The maximum atomic E-state index is 17.7. The van der Waals surface area contributed by atoms with E-state index >= 15 is 4.39 Å². The highest BCUT2D eigenvalue weighted by Gasteiger charge is 2.91. The number of epoxide rings is 1. The van der Waals surface area contributed by atoms with Crippen LogP contribution >= 0.6 is 0 Å². The van der Waals surface area contributed by atoms with Gasteiger partial charge in [0.1, 0.15) is 16.9 Å². The molecule has 0 radical (unpaired) electrons. The predicted octanol–water partition coefficient (Wildman–Crippen LogP) is 7.05. The summed E-state index contributed by atoms with van der Waals surface area (Å²) >= 11 is 0. The highest BCUT2D eigenvalue weighted by molar-refractivity contribution is 6.01. The van der Waals surface area contributed by atoms with E-state index in [-0.39, 0.29) is 37.8 Å². The molecule has 294 valence electrons. The minimum absolute atomic E-state index is 0.0787. The van der Waals surface area contributed by atoms with Crippen LogP contribution in [-0.2, 0) is 33.3 Å². The fourth-order valence-electron chi connectivity index (χ4n) is 10.4. The molecular formula is C42H49FN2O10. The normalized spacial score (nSPS) is 34.6. The Balaban J connectivity index is 0.846. The lowest BCUT2D eigenvalue weighted by Gasteiger charge is -2.63. The van der Waals surface area contributed by atoms with Crippen LogP contribution in [0.2, 0.25) is 0 Å². The van der Waals surface area contributed by atoms with Gasteiger partial charge < -0.3 is 28.8 Å². The Morgan fingerprint density at radius 3 is 2.49 bits per heavy atom. The summed E-state index contributed by atoms with van der Waals surface area (Å²) in [5, 5.41) is 17.6. The van der Waals surface area contributed by atoms with Crippen molar-refractivity contribution in [3.8, 4) is 5.75 Å². The number of benzene rings is 2. The first kappa shape index (κ1) is 38.8. The summed E-state index contributed by atoms with van der Waals surface area (Å²) in [6.45, 7) is 5.01. The topological polar surface area (TPSA) is 174 Å². The van der Waals surface area contributed by atoms with Gasteiger partial charge in [0, 0.05) is 17.8 Å². The van der Waals surface area contributed by atoms with E-state index in [4.69, 9.17) is 29.2 Å². The van der Waals surface area contributed by atoms with Crippen LogP contribution in [0.1, 0.15) is 83.6 Å². The van der Waals surface area contributed by atoms with Crippen molar-refractivity contribution in [2.75, 3.05) is 26.9 Å². The Morgan fingerprint density at radius 2 is 1.76 bits per heavy atom. The van der Waals surface area contributed by atoms with Crippen molar-refractivity contribution in [3.63, 3.8) is 0 Å². The molecule has 1 heterocycles. The van der Waals surface area contributed by atoms with Crippen molar-refractivity contribution in [1.82, 2.24) is 0 Å². The van der Waals surface area contributed by atoms with Crippen LogP contribution in [0.15, 0.2) is 65.3 Å². The van der Waals surface area contributed by atoms with Crippen molar-refractivity contribution >= 4 is 34.5 Å². The van der Waals surface area contributed by atoms with Gasteiger partial charge in [0.05, 0.1) is 32.3 Å². The average molecular weight is 761 g/mol. The van der Waals surface area contributed by atoms with Gasteiger partial charge in [0.15, 0.2) is 23.7 Å². The number of fused-ring (bicyclic) bond motifs is 5. The number of aliphatic hydroxyl groups excluding tert-OH is 1. The van der Waals surface area contributed by atoms with Crippen molar-refractivity contribution in [2.24, 2.45) is 22.4 Å². The van der Waals surface area contributed by atoms with Gasteiger partial charge in [-0.25, -0.2) is 14.7 Å². The minimum Gasteiger partial charge on any atom is -0.497 e. The van der Waals surface area contributed by atoms with E-state index in [1.54, 1.807) is 14.0 Å². The van der Waals surface area contributed by atoms with E-state index in [1.165, 1.54) is 18.2 Å². The highest BCUT2D eigenvalue weighted by Crippen LogP contribution is 2.78. The van der Waals surface area contributed by atoms with Gasteiger partial charge in [0.25, 0.3) is 0 Å². The van der Waals surface area contributed by atoms with E-state index in [9.17, 15) is 24.3 Å². The summed E-state index contributed by atoms with van der Waals surface area (Å²) in [7, 11) is 1.62. The lowest BCUT2D eigenvalue weighted by atomic mass is 9.44. The molecule has 0 amide bonds. The zero-order chi connectivity index (χ0) is 39.4. The van der Waals surface area contributed by atoms with Crippen molar-refractivity contribution in [1.29, 1.82) is 5.53 Å². The number of unbranched alkanes of at least 4 members (excludes halogenated alkanes) is 3. The number of hydrogen-bond donors (Lipinski definition) is 2. The number of rotatable bonds is 14. The molecule has 4 aliphatic carbocycles. The Hall–Kier alpha value is -4.49. The first-order chi connectivity index (χ1) is 26.2. The summed E-state index contributed by atoms with van der Waals surface area (Å²) in [5.74, 6) is -1.81. The Bertz CT molecular complexity index is 1980. The van der Waals surface area contributed by atoms with Crippen LogP contribution in [0.25, 0.3) is 10.8 Å². The molecule has 4 fully saturated rings.